The molecule has 0 saturated carbocycles. The second kappa shape index (κ2) is 7.86. The molecule has 3 rings (SSSR count). The molecule has 0 radical (unpaired) electrons. The van der Waals surface area contributed by atoms with Gasteiger partial charge in [-0.05, 0) is 52.0 Å². The van der Waals surface area contributed by atoms with Crippen molar-refractivity contribution < 1.29 is 9.53 Å². The fraction of sp³-hybridized carbons (Fsp3) is 0.263. The predicted octanol–water partition coefficient (Wildman–Crippen LogP) is 3.63. The number of benzene rings is 1. The summed E-state index contributed by atoms with van der Waals surface area (Å²) >= 11 is 0. The minimum Gasteiger partial charge on any atom is -0.494 e. The molecule has 0 bridgehead atoms. The van der Waals surface area contributed by atoms with E-state index in [4.69, 9.17) is 4.74 Å². The standard InChI is InChI=1S/C19H22N6O2/c1-5-27-17-8-6-15(7-9-17)23-19(26)24-16-10-20-18(21-11-16)25-13(3)12(2)22-14(25)4/h6-11H,5H2,1-4H3,(H2,23,24,26). The topological polar surface area (TPSA) is 94.0 Å². The number of hydrogen-bond donors (Lipinski definition) is 2. The lowest BCUT2D eigenvalue weighted by Crippen LogP contribution is -2.19. The Morgan fingerprint density at radius 2 is 1.67 bits per heavy atom. The summed E-state index contributed by atoms with van der Waals surface area (Å²) in [6.07, 6.45) is 3.13. The first-order valence-electron chi connectivity index (χ1n) is 8.63. The number of amides is 2. The van der Waals surface area contributed by atoms with Crippen molar-refractivity contribution in [3.05, 3.63) is 53.9 Å². The average Bonchev–Trinajstić information content (AvgIpc) is 2.90. The lowest BCUT2D eigenvalue weighted by Gasteiger charge is -2.09. The third-order valence-electron chi connectivity index (χ3n) is 4.03. The highest BCUT2D eigenvalue weighted by atomic mass is 16.5. The van der Waals surface area contributed by atoms with Gasteiger partial charge in [-0.15, -0.1) is 0 Å². The van der Waals surface area contributed by atoms with Crippen LogP contribution in [0.1, 0.15) is 24.1 Å². The van der Waals surface area contributed by atoms with Gasteiger partial charge in [0.15, 0.2) is 0 Å². The number of aryl methyl sites for hydroxylation is 2. The van der Waals surface area contributed by atoms with Crippen LogP contribution < -0.4 is 15.4 Å². The molecule has 3 aromatic rings. The fourth-order valence-corrected chi connectivity index (χ4v) is 2.67. The minimum atomic E-state index is -0.374. The van der Waals surface area contributed by atoms with E-state index in [2.05, 4.69) is 25.6 Å². The number of aromatic nitrogens is 4. The molecule has 8 nitrogen and oxygen atoms in total. The highest BCUT2D eigenvalue weighted by Gasteiger charge is 2.12. The molecule has 0 unspecified atom stereocenters. The van der Waals surface area contributed by atoms with Crippen LogP contribution in [0.5, 0.6) is 5.75 Å². The largest absolute Gasteiger partial charge is 0.494 e. The second-order valence-electron chi connectivity index (χ2n) is 5.97. The number of imidazole rings is 1. The van der Waals surface area contributed by atoms with Gasteiger partial charge in [0, 0.05) is 11.4 Å². The maximum Gasteiger partial charge on any atom is 0.323 e. The number of anilines is 2. The molecule has 2 amide bonds. The molecule has 0 aliphatic heterocycles. The van der Waals surface area contributed by atoms with Gasteiger partial charge in [-0.3, -0.25) is 4.57 Å². The molecule has 27 heavy (non-hydrogen) atoms. The molecule has 0 spiro atoms. The van der Waals surface area contributed by atoms with Crippen molar-refractivity contribution in [3.8, 4) is 11.7 Å². The van der Waals surface area contributed by atoms with E-state index in [9.17, 15) is 4.79 Å². The molecule has 1 aromatic carbocycles. The van der Waals surface area contributed by atoms with Gasteiger partial charge in [-0.25, -0.2) is 19.7 Å². The number of ether oxygens (including phenoxy) is 1. The smallest absolute Gasteiger partial charge is 0.323 e. The van der Waals surface area contributed by atoms with E-state index in [1.165, 1.54) is 0 Å². The maximum absolute atomic E-state index is 12.1. The SMILES string of the molecule is CCOc1ccc(NC(=O)Nc2cnc(-n3c(C)nc(C)c3C)nc2)cc1. The van der Waals surface area contributed by atoms with Crippen molar-refractivity contribution in [1.82, 2.24) is 19.5 Å². The van der Waals surface area contributed by atoms with Crippen molar-refractivity contribution >= 4 is 17.4 Å². The molecular weight excluding hydrogens is 344 g/mol. The summed E-state index contributed by atoms with van der Waals surface area (Å²) < 4.78 is 7.25. The minimum absolute atomic E-state index is 0.374. The monoisotopic (exact) mass is 366 g/mol. The van der Waals surface area contributed by atoms with Crippen molar-refractivity contribution in [2.75, 3.05) is 17.2 Å². The van der Waals surface area contributed by atoms with Crippen LogP contribution in [0, 0.1) is 20.8 Å². The molecule has 0 aliphatic carbocycles. The van der Waals surface area contributed by atoms with Crippen molar-refractivity contribution in [2.24, 2.45) is 0 Å². The van der Waals surface area contributed by atoms with Crippen LogP contribution in [0.2, 0.25) is 0 Å². The Kier molecular flexibility index (Phi) is 5.35. The molecule has 2 N–H and O–H groups in total. The summed E-state index contributed by atoms with van der Waals surface area (Å²) in [7, 11) is 0. The van der Waals surface area contributed by atoms with Crippen LogP contribution in [0.15, 0.2) is 36.7 Å². The Morgan fingerprint density at radius 1 is 1.04 bits per heavy atom. The number of urea groups is 1. The van der Waals surface area contributed by atoms with E-state index >= 15 is 0 Å². The summed E-state index contributed by atoms with van der Waals surface area (Å²) in [6, 6.07) is 6.78. The van der Waals surface area contributed by atoms with E-state index in [0.717, 1.165) is 23.0 Å². The molecule has 0 atom stereocenters. The Labute approximate surface area is 157 Å². The third kappa shape index (κ3) is 4.22. The van der Waals surface area contributed by atoms with Gasteiger partial charge in [0.2, 0.25) is 5.95 Å². The number of rotatable bonds is 5. The lowest BCUT2D eigenvalue weighted by atomic mass is 10.3. The van der Waals surface area contributed by atoms with E-state index in [0.29, 0.717) is 23.9 Å². The van der Waals surface area contributed by atoms with Crippen molar-refractivity contribution in [1.29, 1.82) is 0 Å². The fourth-order valence-electron chi connectivity index (χ4n) is 2.67. The second-order valence-corrected chi connectivity index (χ2v) is 5.97. The zero-order valence-corrected chi connectivity index (χ0v) is 15.8. The number of hydrogen-bond acceptors (Lipinski definition) is 5. The molecule has 140 valence electrons. The number of carbonyl (C=O) groups excluding carboxylic acids is 1. The van der Waals surface area contributed by atoms with Crippen LogP contribution in [0.25, 0.3) is 5.95 Å². The average molecular weight is 366 g/mol. The lowest BCUT2D eigenvalue weighted by molar-refractivity contribution is 0.262. The molecule has 0 saturated heterocycles. The zero-order chi connectivity index (χ0) is 19.4. The van der Waals surface area contributed by atoms with Gasteiger partial charge in [0.25, 0.3) is 0 Å². The Balaban J connectivity index is 1.64. The molecule has 2 aromatic heterocycles. The van der Waals surface area contributed by atoms with E-state index in [1.54, 1.807) is 36.7 Å². The summed E-state index contributed by atoms with van der Waals surface area (Å²) in [4.78, 5) is 25.2. The quantitative estimate of drug-likeness (QED) is 0.719. The van der Waals surface area contributed by atoms with Crippen LogP contribution in [0.3, 0.4) is 0 Å². The zero-order valence-electron chi connectivity index (χ0n) is 15.8. The van der Waals surface area contributed by atoms with Gasteiger partial charge in [0.05, 0.1) is 30.4 Å². The number of nitrogens with one attached hydrogen (secondary N) is 2. The first kappa shape index (κ1) is 18.4. The first-order chi connectivity index (χ1) is 13.0. The number of nitrogens with zero attached hydrogens (tertiary/aromatic N) is 4. The molecule has 0 aliphatic rings. The summed E-state index contributed by atoms with van der Waals surface area (Å²) in [6.45, 7) is 8.33. The van der Waals surface area contributed by atoms with E-state index in [-0.39, 0.29) is 6.03 Å². The van der Waals surface area contributed by atoms with Crippen molar-refractivity contribution in [3.63, 3.8) is 0 Å². The normalized spacial score (nSPS) is 10.5. The van der Waals surface area contributed by atoms with Gasteiger partial charge in [0.1, 0.15) is 11.6 Å². The van der Waals surface area contributed by atoms with E-state index < -0.39 is 0 Å². The maximum atomic E-state index is 12.1. The van der Waals surface area contributed by atoms with Gasteiger partial charge >= 0.3 is 6.03 Å². The summed E-state index contributed by atoms with van der Waals surface area (Å²) in [5.41, 5.74) is 3.08. The van der Waals surface area contributed by atoms with Gasteiger partial charge in [-0.2, -0.15) is 0 Å². The predicted molar refractivity (Wildman–Crippen MR) is 104 cm³/mol. The Bertz CT molecular complexity index is 932. The highest BCUT2D eigenvalue weighted by molar-refractivity contribution is 5.99. The Morgan fingerprint density at radius 3 is 2.22 bits per heavy atom. The van der Waals surface area contributed by atoms with Crippen LogP contribution in [0.4, 0.5) is 16.2 Å². The third-order valence-corrected chi connectivity index (χ3v) is 4.03. The summed E-state index contributed by atoms with van der Waals surface area (Å²) in [5, 5.41) is 5.46. The van der Waals surface area contributed by atoms with Crippen molar-refractivity contribution in [2.45, 2.75) is 27.7 Å². The Hall–Kier alpha value is -3.42. The molecular formula is C19H22N6O2. The number of carbonyl (C=O) groups is 1. The van der Waals surface area contributed by atoms with Gasteiger partial charge in [-0.1, -0.05) is 0 Å². The van der Waals surface area contributed by atoms with E-state index in [1.807, 2.05) is 32.3 Å². The molecule has 0 fully saturated rings. The van der Waals surface area contributed by atoms with Gasteiger partial charge < -0.3 is 15.4 Å². The molecule has 2 heterocycles. The van der Waals surface area contributed by atoms with Crippen LogP contribution >= 0.6 is 0 Å². The first-order valence-corrected chi connectivity index (χ1v) is 8.63. The van der Waals surface area contributed by atoms with Crippen LogP contribution in [-0.2, 0) is 0 Å². The molecule has 8 heteroatoms. The van der Waals surface area contributed by atoms with Crippen LogP contribution in [-0.4, -0.2) is 32.2 Å². The summed E-state index contributed by atoms with van der Waals surface area (Å²) in [5.74, 6) is 2.09. The highest BCUT2D eigenvalue weighted by Crippen LogP contribution is 2.17.